The number of hydrogen-bond acceptors (Lipinski definition) is 5. The topological polar surface area (TPSA) is 122 Å². The van der Waals surface area contributed by atoms with Gasteiger partial charge in [-0.2, -0.15) is 13.2 Å². The first-order valence-corrected chi connectivity index (χ1v) is 20.8. The van der Waals surface area contributed by atoms with Crippen LogP contribution < -0.4 is 10.0 Å². The highest BCUT2D eigenvalue weighted by atomic mass is 19.4. The largest absolute Gasteiger partial charge is 0.542 e. The van der Waals surface area contributed by atoms with Gasteiger partial charge in [-0.3, -0.25) is 4.79 Å². The van der Waals surface area contributed by atoms with E-state index < -0.39 is 18.1 Å². The molecule has 0 radical (unpaired) electrons. The highest BCUT2D eigenvalue weighted by Gasteiger charge is 2.71. The first-order chi connectivity index (χ1) is 26.1. The summed E-state index contributed by atoms with van der Waals surface area (Å²) in [6.45, 7) is 24.1. The number of carbonyl (C=O) groups is 3. The molecule has 11 heteroatoms. The van der Waals surface area contributed by atoms with Crippen LogP contribution in [-0.4, -0.2) is 78.5 Å². The Balaban J connectivity index is 0.000000695. The van der Waals surface area contributed by atoms with E-state index in [0.29, 0.717) is 41.1 Å². The molecule has 7 rings (SSSR count). The molecule has 56 heavy (non-hydrogen) atoms. The molecule has 0 bridgehead atoms. The van der Waals surface area contributed by atoms with Crippen molar-refractivity contribution >= 4 is 23.4 Å². The van der Waals surface area contributed by atoms with Crippen molar-refractivity contribution in [3.63, 3.8) is 0 Å². The standard InChI is InChI=1S/C43H62N2O4.C2HF3O2/c1-28(2)31-14-19-43(38(49)45-24-22-44(23-25-45)26-27-46)21-20-41(6)33(36(31)43)12-13-35-40(5)17-15-32(29-8-10-30(11-9-29)37(47)48)39(3,4)34(40)16-18-42(35,41)7;3-2(4,5)1(6)7/h8-11,15,31,33-36,46H,1,12-14,16-27H2,2-7H3,(H,47,48);(H,6,7)/t31-,33+,34-,35+,36+,40-,41+,42+,43-;/m0./s1. The van der Waals surface area contributed by atoms with Gasteiger partial charge >= 0.3 is 12.1 Å². The van der Waals surface area contributed by atoms with Crippen LogP contribution in [0.25, 0.3) is 5.57 Å². The predicted molar refractivity (Wildman–Crippen MR) is 206 cm³/mol. The summed E-state index contributed by atoms with van der Waals surface area (Å²) in [6, 6.07) is 7.56. The molecule has 1 amide bonds. The van der Waals surface area contributed by atoms with Crippen LogP contribution in [0.4, 0.5) is 13.2 Å². The Hall–Kier alpha value is -3.18. The number of quaternary nitrogens is 1. The van der Waals surface area contributed by atoms with Crippen LogP contribution in [0.5, 0.6) is 0 Å². The minimum atomic E-state index is -5.19. The maximum absolute atomic E-state index is 14.8. The number of alkyl halides is 3. The number of nitrogens with zero attached hydrogens (tertiary/aromatic N) is 1. The molecule has 5 fully saturated rings. The molecule has 310 valence electrons. The third kappa shape index (κ3) is 6.74. The van der Waals surface area contributed by atoms with Crippen molar-refractivity contribution in [2.45, 2.75) is 106 Å². The molecular weight excluding hydrogens is 721 g/mol. The van der Waals surface area contributed by atoms with Gasteiger partial charge in [-0.15, -0.1) is 0 Å². The van der Waals surface area contributed by atoms with Crippen LogP contribution in [0, 0.1) is 56.7 Å². The van der Waals surface area contributed by atoms with E-state index in [1.807, 2.05) is 12.1 Å². The van der Waals surface area contributed by atoms with Gasteiger partial charge in [0.05, 0.1) is 43.8 Å². The fraction of sp³-hybridized carbons (Fsp3) is 0.711. The van der Waals surface area contributed by atoms with Gasteiger partial charge in [0.25, 0.3) is 0 Å². The molecule has 4 saturated carbocycles. The fourth-order valence-corrected chi connectivity index (χ4v) is 14.2. The van der Waals surface area contributed by atoms with Gasteiger partial charge in [0, 0.05) is 0 Å². The summed E-state index contributed by atoms with van der Waals surface area (Å²) in [5.74, 6) is -0.914. The number of hydrogen-bond donors (Lipinski definition) is 3. The van der Waals surface area contributed by atoms with Crippen molar-refractivity contribution in [3.8, 4) is 0 Å². The summed E-state index contributed by atoms with van der Waals surface area (Å²) in [5.41, 5.74) is 4.49. The van der Waals surface area contributed by atoms with Gasteiger partial charge in [0.1, 0.15) is 12.5 Å². The van der Waals surface area contributed by atoms with E-state index >= 15 is 0 Å². The summed E-state index contributed by atoms with van der Waals surface area (Å²) in [6.07, 6.45) is 7.57. The van der Waals surface area contributed by atoms with Crippen LogP contribution in [0.2, 0.25) is 0 Å². The average molecular weight is 785 g/mol. The van der Waals surface area contributed by atoms with Crippen molar-refractivity contribution in [2.24, 2.45) is 56.7 Å². The Kier molecular flexibility index (Phi) is 11.3. The predicted octanol–water partition coefficient (Wildman–Crippen LogP) is 6.05. The van der Waals surface area contributed by atoms with E-state index in [4.69, 9.17) is 9.90 Å². The zero-order valence-electron chi connectivity index (χ0n) is 34.2. The minimum Gasteiger partial charge on any atom is -0.542 e. The number of nitrogens with one attached hydrogen (secondary N) is 1. The monoisotopic (exact) mass is 784 g/mol. The maximum atomic E-state index is 14.8. The average Bonchev–Trinajstić information content (AvgIpc) is 3.53. The number of piperazine rings is 1. The first-order valence-electron chi connectivity index (χ1n) is 20.8. The number of rotatable bonds is 6. The molecule has 1 aromatic carbocycles. The fourth-order valence-electron chi connectivity index (χ4n) is 14.2. The van der Waals surface area contributed by atoms with E-state index in [0.717, 1.165) is 70.4 Å². The number of aromatic carboxylic acids is 1. The van der Waals surface area contributed by atoms with Crippen molar-refractivity contribution in [3.05, 3.63) is 53.6 Å². The summed E-state index contributed by atoms with van der Waals surface area (Å²) >= 11 is 0. The lowest BCUT2D eigenvalue weighted by Gasteiger charge is -2.72. The second-order valence-electron chi connectivity index (χ2n) is 19.6. The Bertz CT molecular complexity index is 1730. The minimum absolute atomic E-state index is 0.00955. The van der Waals surface area contributed by atoms with Gasteiger partial charge < -0.3 is 29.9 Å². The van der Waals surface area contributed by atoms with Gasteiger partial charge in [0.2, 0.25) is 5.91 Å². The summed E-state index contributed by atoms with van der Waals surface area (Å²) in [7, 11) is 0. The lowest BCUT2D eigenvalue weighted by Crippen LogP contribution is -3.15. The molecule has 1 aliphatic heterocycles. The number of carboxylic acids is 2. The number of fused-ring (bicyclic) bond motifs is 7. The Morgan fingerprint density at radius 1 is 0.911 bits per heavy atom. The second kappa shape index (κ2) is 14.9. The summed E-state index contributed by atoms with van der Waals surface area (Å²) < 4.78 is 31.5. The smallest absolute Gasteiger partial charge is 0.430 e. The zero-order chi connectivity index (χ0) is 41.2. The number of carbonyl (C=O) groups excluding carboxylic acids is 2. The number of amides is 1. The highest BCUT2D eigenvalue weighted by Crippen LogP contribution is 2.78. The molecule has 0 unspecified atom stereocenters. The molecule has 3 N–H and O–H groups in total. The second-order valence-corrected chi connectivity index (χ2v) is 19.6. The molecule has 0 spiro atoms. The van der Waals surface area contributed by atoms with Gasteiger partial charge in [0.15, 0.2) is 0 Å². The molecule has 1 saturated heterocycles. The maximum Gasteiger partial charge on any atom is 0.430 e. The van der Waals surface area contributed by atoms with Crippen LogP contribution >= 0.6 is 0 Å². The van der Waals surface area contributed by atoms with Crippen LogP contribution in [0.3, 0.4) is 0 Å². The molecule has 6 aliphatic rings. The van der Waals surface area contributed by atoms with E-state index in [2.05, 4.69) is 59.1 Å². The van der Waals surface area contributed by atoms with E-state index in [1.165, 1.54) is 41.7 Å². The van der Waals surface area contributed by atoms with Crippen molar-refractivity contribution in [2.75, 3.05) is 39.3 Å². The molecule has 5 aliphatic carbocycles. The molecule has 1 aromatic rings. The normalized spacial score (nSPS) is 37.7. The lowest BCUT2D eigenvalue weighted by atomic mass is 9.32. The number of carboxylic acid groups (broad SMARTS) is 2. The van der Waals surface area contributed by atoms with Crippen molar-refractivity contribution in [1.82, 2.24) is 4.90 Å². The number of aliphatic carboxylic acids is 1. The number of allylic oxidation sites excluding steroid dienone is 3. The third-order valence-electron chi connectivity index (χ3n) is 17.0. The number of halogens is 3. The summed E-state index contributed by atoms with van der Waals surface area (Å²) in [5, 5.41) is 27.8. The van der Waals surface area contributed by atoms with Gasteiger partial charge in [-0.25, -0.2) is 4.79 Å². The number of benzene rings is 1. The molecule has 8 nitrogen and oxygen atoms in total. The lowest BCUT2D eigenvalue weighted by molar-refractivity contribution is -0.904. The van der Waals surface area contributed by atoms with Crippen LogP contribution in [-0.2, 0) is 9.59 Å². The molecule has 1 heterocycles. The number of aliphatic hydroxyl groups excluding tert-OH is 1. The Morgan fingerprint density at radius 3 is 2.09 bits per heavy atom. The van der Waals surface area contributed by atoms with E-state index in [9.17, 15) is 33.0 Å². The van der Waals surface area contributed by atoms with Crippen molar-refractivity contribution < 1.29 is 47.8 Å². The van der Waals surface area contributed by atoms with Crippen LogP contribution in [0.1, 0.15) is 115 Å². The quantitative estimate of drug-likeness (QED) is 0.302. The SMILES string of the molecule is C=C(C)[C@@H]1CC[C@]2(C(=O)N3CC[NH+](CCO)CC3)CC[C@]3(C)[C@H](CC[C@@H]4[C@@]5(C)CC=C(c6ccc(C(=O)O)cc6)C(C)(C)[C@@H]5CC[C@]43C)[C@@H]12.O=C([O-])C(F)(F)F. The first kappa shape index (κ1) is 42.4. The van der Waals surface area contributed by atoms with E-state index in [-0.39, 0.29) is 33.7 Å². The van der Waals surface area contributed by atoms with Gasteiger partial charge in [-0.1, -0.05) is 65.0 Å². The van der Waals surface area contributed by atoms with Gasteiger partial charge in [-0.05, 0) is 139 Å². The molecule has 9 atom stereocenters. The molecule has 0 aromatic heterocycles. The summed E-state index contributed by atoms with van der Waals surface area (Å²) in [4.78, 5) is 38.8. The van der Waals surface area contributed by atoms with E-state index in [1.54, 1.807) is 12.1 Å². The zero-order valence-corrected chi connectivity index (χ0v) is 34.2. The Morgan fingerprint density at radius 2 is 1.54 bits per heavy atom. The highest BCUT2D eigenvalue weighted by molar-refractivity contribution is 5.88. The molecular formula is C45H63F3N2O6. The number of aliphatic hydroxyl groups is 1. The van der Waals surface area contributed by atoms with Crippen LogP contribution in [0.15, 0.2) is 42.5 Å². The third-order valence-corrected chi connectivity index (χ3v) is 17.0. The Labute approximate surface area is 330 Å². The van der Waals surface area contributed by atoms with Crippen molar-refractivity contribution in [1.29, 1.82) is 0 Å².